The molecule has 16 heavy (non-hydrogen) atoms. The Labute approximate surface area is 95.9 Å². The molecule has 1 aliphatic heterocycles. The van der Waals surface area contributed by atoms with Crippen molar-refractivity contribution in [3.63, 3.8) is 0 Å². The van der Waals surface area contributed by atoms with Crippen molar-refractivity contribution in [2.45, 2.75) is 26.2 Å². The smallest absolute Gasteiger partial charge is 0.132 e. The number of aromatic nitrogens is 2. The van der Waals surface area contributed by atoms with E-state index >= 15 is 0 Å². The van der Waals surface area contributed by atoms with Gasteiger partial charge in [-0.1, -0.05) is 6.92 Å². The maximum absolute atomic E-state index is 8.84. The molecular formula is C12H16N4. The van der Waals surface area contributed by atoms with Gasteiger partial charge in [0.05, 0.1) is 6.07 Å². The van der Waals surface area contributed by atoms with Crippen LogP contribution in [0, 0.1) is 17.2 Å². The Bertz CT molecular complexity index is 388. The summed E-state index contributed by atoms with van der Waals surface area (Å²) in [5.74, 6) is 1.23. The van der Waals surface area contributed by atoms with Gasteiger partial charge in [0.2, 0.25) is 0 Å². The van der Waals surface area contributed by atoms with Crippen molar-refractivity contribution in [1.82, 2.24) is 9.97 Å². The lowest BCUT2D eigenvalue weighted by molar-refractivity contribution is 0.485. The predicted octanol–water partition coefficient (Wildman–Crippen LogP) is 1.78. The van der Waals surface area contributed by atoms with Crippen LogP contribution in [0.15, 0.2) is 12.4 Å². The molecule has 0 unspecified atom stereocenters. The summed E-state index contributed by atoms with van der Waals surface area (Å²) in [5, 5.41) is 8.84. The van der Waals surface area contributed by atoms with Crippen molar-refractivity contribution < 1.29 is 0 Å². The van der Waals surface area contributed by atoms with Gasteiger partial charge in [-0.3, -0.25) is 0 Å². The van der Waals surface area contributed by atoms with Crippen molar-refractivity contribution in [3.05, 3.63) is 18.1 Å². The third kappa shape index (κ3) is 2.30. The molecule has 1 aromatic rings. The molecule has 1 aromatic heterocycles. The van der Waals surface area contributed by atoms with Crippen molar-refractivity contribution in [3.8, 4) is 6.07 Å². The fourth-order valence-electron chi connectivity index (χ4n) is 1.99. The van der Waals surface area contributed by atoms with Crippen LogP contribution in [0.25, 0.3) is 0 Å². The number of anilines is 1. The highest BCUT2D eigenvalue weighted by Crippen LogP contribution is 2.21. The first-order valence-corrected chi connectivity index (χ1v) is 5.79. The fourth-order valence-corrected chi connectivity index (χ4v) is 1.99. The van der Waals surface area contributed by atoms with E-state index in [0.717, 1.165) is 43.9 Å². The van der Waals surface area contributed by atoms with Crippen LogP contribution in [0.2, 0.25) is 0 Å². The molecule has 0 amide bonds. The lowest BCUT2D eigenvalue weighted by Crippen LogP contribution is -2.33. The zero-order valence-electron chi connectivity index (χ0n) is 9.56. The Morgan fingerprint density at radius 1 is 1.44 bits per heavy atom. The lowest BCUT2D eigenvalue weighted by atomic mass is 9.99. The normalized spacial score (nSPS) is 17.1. The summed E-state index contributed by atoms with van der Waals surface area (Å²) in [5.41, 5.74) is 1.08. The van der Waals surface area contributed by atoms with Crippen LogP contribution < -0.4 is 4.90 Å². The summed E-state index contributed by atoms with van der Waals surface area (Å²) in [6.07, 6.45) is 4.46. The van der Waals surface area contributed by atoms with Gasteiger partial charge in [-0.05, 0) is 19.3 Å². The highest BCUT2D eigenvalue weighted by Gasteiger charge is 2.19. The minimum Gasteiger partial charge on any atom is -0.356 e. The molecule has 0 spiro atoms. The zero-order valence-corrected chi connectivity index (χ0v) is 9.56. The van der Waals surface area contributed by atoms with Crippen LogP contribution in [0.1, 0.15) is 25.5 Å². The Morgan fingerprint density at radius 2 is 2.19 bits per heavy atom. The van der Waals surface area contributed by atoms with Crippen LogP contribution in [-0.2, 0) is 6.42 Å². The van der Waals surface area contributed by atoms with Gasteiger partial charge >= 0.3 is 0 Å². The highest BCUT2D eigenvalue weighted by atomic mass is 15.2. The Morgan fingerprint density at radius 3 is 2.81 bits per heavy atom. The number of hydrogen-bond acceptors (Lipinski definition) is 4. The first kappa shape index (κ1) is 10.9. The van der Waals surface area contributed by atoms with E-state index in [9.17, 15) is 0 Å². The molecule has 0 bridgehead atoms. The number of piperidine rings is 1. The molecule has 0 saturated carbocycles. The number of rotatable bonds is 2. The maximum atomic E-state index is 8.84. The molecule has 0 aliphatic carbocycles. The van der Waals surface area contributed by atoms with Gasteiger partial charge in [-0.2, -0.15) is 5.26 Å². The quantitative estimate of drug-likeness (QED) is 0.756. The van der Waals surface area contributed by atoms with Gasteiger partial charge in [0, 0.05) is 30.8 Å². The van der Waals surface area contributed by atoms with E-state index in [2.05, 4.69) is 27.9 Å². The molecule has 0 atom stereocenters. The van der Waals surface area contributed by atoms with E-state index < -0.39 is 0 Å². The average Bonchev–Trinajstić information content (AvgIpc) is 2.39. The van der Waals surface area contributed by atoms with Gasteiger partial charge in [0.25, 0.3) is 0 Å². The molecule has 4 nitrogen and oxygen atoms in total. The average molecular weight is 216 g/mol. The molecule has 0 N–H and O–H groups in total. The Balaban J connectivity index is 2.05. The van der Waals surface area contributed by atoms with E-state index in [-0.39, 0.29) is 5.92 Å². The summed E-state index contributed by atoms with van der Waals surface area (Å²) >= 11 is 0. The Kier molecular flexibility index (Phi) is 3.35. The standard InChI is InChI=1S/C12H16N4/c1-2-11-7-12(15-9-14-11)16-5-3-10(8-13)4-6-16/h7,9-10H,2-6H2,1H3. The largest absolute Gasteiger partial charge is 0.356 e. The molecule has 1 aliphatic rings. The predicted molar refractivity (Wildman–Crippen MR) is 62.0 cm³/mol. The van der Waals surface area contributed by atoms with Crippen LogP contribution in [-0.4, -0.2) is 23.1 Å². The minimum absolute atomic E-state index is 0.226. The molecule has 1 fully saturated rings. The number of nitriles is 1. The number of aryl methyl sites for hydroxylation is 1. The van der Waals surface area contributed by atoms with Crippen molar-refractivity contribution >= 4 is 5.82 Å². The molecule has 2 rings (SSSR count). The first-order valence-electron chi connectivity index (χ1n) is 5.79. The van der Waals surface area contributed by atoms with Gasteiger partial charge < -0.3 is 4.90 Å². The van der Waals surface area contributed by atoms with Crippen LogP contribution in [0.3, 0.4) is 0 Å². The monoisotopic (exact) mass is 216 g/mol. The third-order valence-corrected chi connectivity index (χ3v) is 3.07. The Hall–Kier alpha value is -1.63. The molecule has 1 saturated heterocycles. The summed E-state index contributed by atoms with van der Waals surface area (Å²) in [6, 6.07) is 4.39. The molecule has 84 valence electrons. The van der Waals surface area contributed by atoms with E-state index in [4.69, 9.17) is 5.26 Å². The van der Waals surface area contributed by atoms with Crippen molar-refractivity contribution in [2.24, 2.45) is 5.92 Å². The van der Waals surface area contributed by atoms with Crippen molar-refractivity contribution in [1.29, 1.82) is 5.26 Å². The summed E-state index contributed by atoms with van der Waals surface area (Å²) in [4.78, 5) is 10.7. The maximum Gasteiger partial charge on any atom is 0.132 e. The third-order valence-electron chi connectivity index (χ3n) is 3.07. The number of nitrogens with zero attached hydrogens (tertiary/aromatic N) is 4. The second-order valence-corrected chi connectivity index (χ2v) is 4.11. The topological polar surface area (TPSA) is 52.8 Å². The second kappa shape index (κ2) is 4.93. The van der Waals surface area contributed by atoms with E-state index in [0.29, 0.717) is 0 Å². The van der Waals surface area contributed by atoms with Gasteiger partial charge in [0.1, 0.15) is 12.1 Å². The fraction of sp³-hybridized carbons (Fsp3) is 0.583. The van der Waals surface area contributed by atoms with Gasteiger partial charge in [-0.15, -0.1) is 0 Å². The lowest BCUT2D eigenvalue weighted by Gasteiger charge is -2.30. The molecule has 2 heterocycles. The molecular weight excluding hydrogens is 200 g/mol. The first-order chi connectivity index (χ1) is 7.83. The SMILES string of the molecule is CCc1cc(N2CCC(C#N)CC2)ncn1. The van der Waals surface area contributed by atoms with E-state index in [1.165, 1.54) is 0 Å². The molecule has 4 heteroatoms. The van der Waals surface area contributed by atoms with Gasteiger partial charge in [0.15, 0.2) is 0 Å². The summed E-state index contributed by atoms with van der Waals surface area (Å²) in [6.45, 7) is 3.95. The summed E-state index contributed by atoms with van der Waals surface area (Å²) in [7, 11) is 0. The minimum atomic E-state index is 0.226. The van der Waals surface area contributed by atoms with Crippen molar-refractivity contribution in [2.75, 3.05) is 18.0 Å². The van der Waals surface area contributed by atoms with Gasteiger partial charge in [-0.25, -0.2) is 9.97 Å². The highest BCUT2D eigenvalue weighted by molar-refractivity contribution is 5.39. The van der Waals surface area contributed by atoms with Crippen LogP contribution in [0.4, 0.5) is 5.82 Å². The van der Waals surface area contributed by atoms with E-state index in [1.54, 1.807) is 6.33 Å². The molecule has 0 aromatic carbocycles. The second-order valence-electron chi connectivity index (χ2n) is 4.11. The molecule has 0 radical (unpaired) electrons. The van der Waals surface area contributed by atoms with Crippen LogP contribution >= 0.6 is 0 Å². The van der Waals surface area contributed by atoms with Crippen LogP contribution in [0.5, 0.6) is 0 Å². The van der Waals surface area contributed by atoms with E-state index in [1.807, 2.05) is 6.07 Å². The summed E-state index contributed by atoms with van der Waals surface area (Å²) < 4.78 is 0. The number of hydrogen-bond donors (Lipinski definition) is 0. The zero-order chi connectivity index (χ0) is 11.4.